The zero-order chi connectivity index (χ0) is 17.5. The van der Waals surface area contributed by atoms with E-state index < -0.39 is 17.8 Å². The van der Waals surface area contributed by atoms with Crippen LogP contribution in [0.5, 0.6) is 0 Å². The van der Waals surface area contributed by atoms with Gasteiger partial charge in [-0.05, 0) is 68.6 Å². The Morgan fingerprint density at radius 1 is 1.00 bits per heavy atom. The molecule has 0 aliphatic heterocycles. The number of fused-ring (bicyclic) bond motifs is 5. The van der Waals surface area contributed by atoms with Gasteiger partial charge in [0.1, 0.15) is 0 Å². The van der Waals surface area contributed by atoms with Crippen molar-refractivity contribution in [2.24, 2.45) is 28.6 Å². The fraction of sp³-hybridized carbons (Fsp3) is 0.900. The second-order valence-electron chi connectivity index (χ2n) is 9.64. The molecule has 0 bridgehead atoms. The molecular formula is C20H32O4. The van der Waals surface area contributed by atoms with Crippen LogP contribution in [0, 0.1) is 28.6 Å². The summed E-state index contributed by atoms with van der Waals surface area (Å²) in [5.41, 5.74) is -0.159. The van der Waals surface area contributed by atoms with Crippen molar-refractivity contribution in [2.75, 3.05) is 0 Å². The van der Waals surface area contributed by atoms with E-state index in [0.29, 0.717) is 18.8 Å². The monoisotopic (exact) mass is 336 g/mol. The second kappa shape index (κ2) is 5.06. The SMILES string of the molecule is CC1(O)C(O)C[C@H]2[C@@H]3C(O)C=C4CC(O)CC[C@]4(C)[C@@H]3CC[C@@]21C. The third-order valence-corrected chi connectivity index (χ3v) is 8.78. The predicted octanol–water partition coefficient (Wildman–Crippen LogP) is 2.00. The first-order valence-corrected chi connectivity index (χ1v) is 9.59. The molecule has 3 fully saturated rings. The van der Waals surface area contributed by atoms with Crippen LogP contribution < -0.4 is 0 Å². The van der Waals surface area contributed by atoms with Crippen molar-refractivity contribution in [3.63, 3.8) is 0 Å². The molecule has 0 spiro atoms. The summed E-state index contributed by atoms with van der Waals surface area (Å²) in [5.74, 6) is 0.605. The van der Waals surface area contributed by atoms with Gasteiger partial charge in [-0.3, -0.25) is 0 Å². The summed E-state index contributed by atoms with van der Waals surface area (Å²) in [5, 5.41) is 42.4. The van der Waals surface area contributed by atoms with Crippen molar-refractivity contribution in [2.45, 2.75) is 83.2 Å². The molecule has 4 heteroatoms. The molecule has 24 heavy (non-hydrogen) atoms. The Bertz CT molecular complexity index is 570. The number of rotatable bonds is 0. The molecule has 0 amide bonds. The summed E-state index contributed by atoms with van der Waals surface area (Å²) in [7, 11) is 0. The van der Waals surface area contributed by atoms with E-state index in [2.05, 4.69) is 13.8 Å². The Labute approximate surface area is 144 Å². The van der Waals surface area contributed by atoms with Gasteiger partial charge in [-0.25, -0.2) is 0 Å². The highest BCUT2D eigenvalue weighted by Crippen LogP contribution is 2.66. The Balaban J connectivity index is 1.75. The molecule has 136 valence electrons. The molecule has 4 aliphatic carbocycles. The fourth-order valence-electron chi connectivity index (χ4n) is 6.87. The summed E-state index contributed by atoms with van der Waals surface area (Å²) >= 11 is 0. The van der Waals surface area contributed by atoms with Gasteiger partial charge in [0.15, 0.2) is 0 Å². The maximum Gasteiger partial charge on any atom is 0.0933 e. The molecule has 4 rings (SSSR count). The van der Waals surface area contributed by atoms with E-state index in [1.807, 2.05) is 6.08 Å². The lowest BCUT2D eigenvalue weighted by molar-refractivity contribution is -0.153. The predicted molar refractivity (Wildman–Crippen MR) is 91.1 cm³/mol. The Hall–Kier alpha value is -0.420. The maximum absolute atomic E-state index is 10.9. The number of aliphatic hydroxyl groups is 4. The van der Waals surface area contributed by atoms with Gasteiger partial charge in [0.2, 0.25) is 0 Å². The quantitative estimate of drug-likeness (QED) is 0.510. The Morgan fingerprint density at radius 3 is 2.42 bits per heavy atom. The minimum Gasteiger partial charge on any atom is -0.393 e. The molecule has 9 atom stereocenters. The van der Waals surface area contributed by atoms with Crippen molar-refractivity contribution in [1.29, 1.82) is 0 Å². The molecule has 4 unspecified atom stereocenters. The molecule has 4 N–H and O–H groups in total. The molecule has 0 heterocycles. The van der Waals surface area contributed by atoms with Crippen molar-refractivity contribution in [1.82, 2.24) is 0 Å². The van der Waals surface area contributed by atoms with Crippen LogP contribution in [0.15, 0.2) is 11.6 Å². The highest BCUT2D eigenvalue weighted by molar-refractivity contribution is 5.29. The van der Waals surface area contributed by atoms with Crippen molar-refractivity contribution in [3.05, 3.63) is 11.6 Å². The van der Waals surface area contributed by atoms with Crippen LogP contribution in [-0.4, -0.2) is 44.3 Å². The van der Waals surface area contributed by atoms with E-state index >= 15 is 0 Å². The van der Waals surface area contributed by atoms with Crippen molar-refractivity contribution in [3.8, 4) is 0 Å². The second-order valence-corrected chi connectivity index (χ2v) is 9.64. The van der Waals surface area contributed by atoms with E-state index in [4.69, 9.17) is 0 Å². The van der Waals surface area contributed by atoms with Crippen LogP contribution in [0.25, 0.3) is 0 Å². The maximum atomic E-state index is 10.9. The first-order chi connectivity index (χ1) is 11.1. The van der Waals surface area contributed by atoms with Gasteiger partial charge in [-0.1, -0.05) is 25.5 Å². The standard InChI is InChI=1S/C20H32O4/c1-18-6-4-12(21)8-11(18)9-15(22)17-13(18)5-7-19(2)14(17)10-16(23)20(19,3)24/h9,12-17,21-24H,4-8,10H2,1-3H3/t12?,13-,14+,15?,16?,17-,18+,19+,20?/m1/s1. The van der Waals surface area contributed by atoms with E-state index in [1.165, 1.54) is 5.57 Å². The van der Waals surface area contributed by atoms with E-state index in [9.17, 15) is 20.4 Å². The Morgan fingerprint density at radius 2 is 1.71 bits per heavy atom. The van der Waals surface area contributed by atoms with Gasteiger partial charge in [-0.2, -0.15) is 0 Å². The molecule has 0 aromatic carbocycles. The first kappa shape index (κ1) is 17.0. The summed E-state index contributed by atoms with van der Waals surface area (Å²) in [6.07, 6.45) is 5.38. The van der Waals surface area contributed by atoms with Gasteiger partial charge in [0.25, 0.3) is 0 Å². The summed E-state index contributed by atoms with van der Waals surface area (Å²) in [6.45, 7) is 6.18. The lowest BCUT2D eigenvalue weighted by Gasteiger charge is -2.59. The van der Waals surface area contributed by atoms with Gasteiger partial charge in [0.05, 0.1) is 23.9 Å². The van der Waals surface area contributed by atoms with E-state index in [-0.39, 0.29) is 28.8 Å². The molecule has 3 saturated carbocycles. The third kappa shape index (κ3) is 1.94. The molecule has 4 aliphatic rings. The van der Waals surface area contributed by atoms with Crippen LogP contribution in [0.2, 0.25) is 0 Å². The third-order valence-electron chi connectivity index (χ3n) is 8.78. The largest absolute Gasteiger partial charge is 0.393 e. The van der Waals surface area contributed by atoms with Gasteiger partial charge in [-0.15, -0.1) is 0 Å². The summed E-state index contributed by atoms with van der Waals surface area (Å²) < 4.78 is 0. The molecule has 0 saturated heterocycles. The zero-order valence-corrected chi connectivity index (χ0v) is 15.1. The van der Waals surface area contributed by atoms with Gasteiger partial charge < -0.3 is 20.4 Å². The molecule has 0 aromatic rings. The number of aliphatic hydroxyl groups excluding tert-OH is 3. The van der Waals surface area contributed by atoms with Crippen LogP contribution >= 0.6 is 0 Å². The topological polar surface area (TPSA) is 80.9 Å². The van der Waals surface area contributed by atoms with Gasteiger partial charge in [0, 0.05) is 5.41 Å². The summed E-state index contributed by atoms with van der Waals surface area (Å²) in [4.78, 5) is 0. The highest BCUT2D eigenvalue weighted by Gasteiger charge is 2.66. The average Bonchev–Trinajstić information content (AvgIpc) is 2.68. The molecular weight excluding hydrogens is 304 g/mol. The van der Waals surface area contributed by atoms with E-state index in [0.717, 1.165) is 25.7 Å². The smallest absolute Gasteiger partial charge is 0.0933 e. The molecule has 4 nitrogen and oxygen atoms in total. The van der Waals surface area contributed by atoms with E-state index in [1.54, 1.807) is 6.92 Å². The van der Waals surface area contributed by atoms with Crippen LogP contribution in [0.1, 0.15) is 59.3 Å². The fourth-order valence-corrected chi connectivity index (χ4v) is 6.87. The average molecular weight is 336 g/mol. The molecule has 0 radical (unpaired) electrons. The van der Waals surface area contributed by atoms with Gasteiger partial charge >= 0.3 is 0 Å². The number of hydrogen-bond acceptors (Lipinski definition) is 4. The minimum absolute atomic E-state index is 0.0455. The van der Waals surface area contributed by atoms with Crippen molar-refractivity contribution >= 4 is 0 Å². The van der Waals surface area contributed by atoms with Crippen LogP contribution in [-0.2, 0) is 0 Å². The lowest BCUT2D eigenvalue weighted by atomic mass is 9.46. The summed E-state index contributed by atoms with van der Waals surface area (Å²) in [6, 6.07) is 0. The van der Waals surface area contributed by atoms with Crippen LogP contribution in [0.3, 0.4) is 0 Å². The lowest BCUT2D eigenvalue weighted by Crippen LogP contribution is -2.57. The van der Waals surface area contributed by atoms with Crippen molar-refractivity contribution < 1.29 is 20.4 Å². The highest BCUT2D eigenvalue weighted by atomic mass is 16.3. The first-order valence-electron chi connectivity index (χ1n) is 9.59. The van der Waals surface area contributed by atoms with Crippen LogP contribution in [0.4, 0.5) is 0 Å². The Kier molecular flexibility index (Phi) is 3.59. The normalized spacial score (nSPS) is 60.0. The zero-order valence-electron chi connectivity index (χ0n) is 15.1. The minimum atomic E-state index is -1.09. The molecule has 0 aromatic heterocycles. The number of hydrogen-bond donors (Lipinski definition) is 4.